The SMILES string of the molecule is CCNC(=O)C(C)(C)CN=C(NCC)NC(C)c1ccccc1Cl. The molecule has 1 amide bonds. The van der Waals surface area contributed by atoms with Gasteiger partial charge in [-0.2, -0.15) is 0 Å². The van der Waals surface area contributed by atoms with Gasteiger partial charge < -0.3 is 16.0 Å². The van der Waals surface area contributed by atoms with Crippen molar-refractivity contribution < 1.29 is 4.79 Å². The summed E-state index contributed by atoms with van der Waals surface area (Å²) in [5.41, 5.74) is 0.444. The first-order valence-electron chi connectivity index (χ1n) is 8.39. The summed E-state index contributed by atoms with van der Waals surface area (Å²) in [6, 6.07) is 7.73. The van der Waals surface area contributed by atoms with Crippen LogP contribution in [0.4, 0.5) is 0 Å². The van der Waals surface area contributed by atoms with Crippen LogP contribution in [0.3, 0.4) is 0 Å². The maximum absolute atomic E-state index is 12.1. The van der Waals surface area contributed by atoms with E-state index >= 15 is 0 Å². The third-order valence-corrected chi connectivity index (χ3v) is 4.00. The zero-order valence-electron chi connectivity index (χ0n) is 15.2. The molecule has 0 bridgehead atoms. The third-order valence-electron chi connectivity index (χ3n) is 3.65. The minimum Gasteiger partial charge on any atom is -0.357 e. The van der Waals surface area contributed by atoms with Crippen LogP contribution in [0.5, 0.6) is 0 Å². The fourth-order valence-corrected chi connectivity index (χ4v) is 2.48. The zero-order chi connectivity index (χ0) is 18.2. The number of amides is 1. The minimum absolute atomic E-state index is 0.00347. The second-order valence-electron chi connectivity index (χ2n) is 6.33. The lowest BCUT2D eigenvalue weighted by atomic mass is 9.92. The summed E-state index contributed by atoms with van der Waals surface area (Å²) in [6.07, 6.45) is 0. The van der Waals surface area contributed by atoms with E-state index < -0.39 is 5.41 Å². The molecular weight excluding hydrogens is 324 g/mol. The molecule has 0 aliphatic carbocycles. The second-order valence-corrected chi connectivity index (χ2v) is 6.73. The van der Waals surface area contributed by atoms with Crippen LogP contribution in [0.1, 0.15) is 46.2 Å². The Labute approximate surface area is 150 Å². The summed E-state index contributed by atoms with van der Waals surface area (Å²) in [5.74, 6) is 0.672. The van der Waals surface area contributed by atoms with Crippen LogP contribution in [-0.2, 0) is 4.79 Å². The minimum atomic E-state index is -0.564. The standard InChI is InChI=1S/C18H29ClN4O/c1-6-20-16(24)18(4,5)12-22-17(21-7-2)23-13(3)14-10-8-9-11-15(14)19/h8-11,13H,6-7,12H2,1-5H3,(H,20,24)(H2,21,22,23). The second kappa shape index (κ2) is 9.52. The lowest BCUT2D eigenvalue weighted by molar-refractivity contribution is -0.128. The highest BCUT2D eigenvalue weighted by molar-refractivity contribution is 6.31. The van der Waals surface area contributed by atoms with Gasteiger partial charge in [0.25, 0.3) is 0 Å². The Hall–Kier alpha value is -1.75. The van der Waals surface area contributed by atoms with Gasteiger partial charge in [-0.1, -0.05) is 29.8 Å². The van der Waals surface area contributed by atoms with Crippen LogP contribution >= 0.6 is 11.6 Å². The molecule has 0 radical (unpaired) electrons. The quantitative estimate of drug-likeness (QED) is 0.521. The maximum Gasteiger partial charge on any atom is 0.227 e. The normalized spacial score (nSPS) is 13.3. The molecule has 0 fully saturated rings. The van der Waals surface area contributed by atoms with Gasteiger partial charge in [0.1, 0.15) is 0 Å². The molecule has 1 atom stereocenters. The lowest BCUT2D eigenvalue weighted by Crippen LogP contribution is -2.42. The van der Waals surface area contributed by atoms with Gasteiger partial charge in [0.15, 0.2) is 5.96 Å². The Morgan fingerprint density at radius 2 is 1.83 bits per heavy atom. The van der Waals surface area contributed by atoms with Crippen LogP contribution in [0.25, 0.3) is 0 Å². The Kier molecular flexibility index (Phi) is 8.05. The van der Waals surface area contributed by atoms with Crippen molar-refractivity contribution in [2.24, 2.45) is 10.4 Å². The monoisotopic (exact) mass is 352 g/mol. The number of benzene rings is 1. The largest absolute Gasteiger partial charge is 0.357 e. The Bertz CT molecular complexity index is 572. The van der Waals surface area contributed by atoms with Crippen molar-refractivity contribution in [2.45, 2.75) is 40.7 Å². The molecule has 0 aliphatic rings. The maximum atomic E-state index is 12.1. The first-order chi connectivity index (χ1) is 11.3. The van der Waals surface area contributed by atoms with Crippen LogP contribution in [-0.4, -0.2) is 31.5 Å². The molecule has 1 unspecified atom stereocenters. The van der Waals surface area contributed by atoms with E-state index in [1.54, 1.807) is 0 Å². The van der Waals surface area contributed by atoms with Crippen molar-refractivity contribution in [3.05, 3.63) is 34.9 Å². The number of nitrogens with one attached hydrogen (secondary N) is 3. The van der Waals surface area contributed by atoms with Gasteiger partial charge in [-0.25, -0.2) is 0 Å². The molecule has 1 aromatic carbocycles. The van der Waals surface area contributed by atoms with E-state index in [-0.39, 0.29) is 11.9 Å². The van der Waals surface area contributed by atoms with E-state index in [1.807, 2.05) is 58.9 Å². The summed E-state index contributed by atoms with van der Waals surface area (Å²) in [7, 11) is 0. The molecule has 0 saturated heterocycles. The van der Waals surface area contributed by atoms with E-state index in [1.165, 1.54) is 0 Å². The van der Waals surface area contributed by atoms with Gasteiger partial charge in [-0.3, -0.25) is 9.79 Å². The lowest BCUT2D eigenvalue weighted by Gasteiger charge is -2.23. The molecule has 0 aromatic heterocycles. The molecule has 6 heteroatoms. The van der Waals surface area contributed by atoms with Crippen LogP contribution < -0.4 is 16.0 Å². The number of nitrogens with zero attached hydrogens (tertiary/aromatic N) is 1. The number of rotatable bonds is 7. The fourth-order valence-electron chi connectivity index (χ4n) is 2.18. The molecule has 0 aliphatic heterocycles. The van der Waals surface area contributed by atoms with E-state index in [0.29, 0.717) is 19.0 Å². The molecule has 1 rings (SSSR count). The smallest absolute Gasteiger partial charge is 0.227 e. The van der Waals surface area contributed by atoms with Gasteiger partial charge in [0.2, 0.25) is 5.91 Å². The summed E-state index contributed by atoms with van der Waals surface area (Å²) < 4.78 is 0. The number of hydrogen-bond acceptors (Lipinski definition) is 2. The Balaban J connectivity index is 2.82. The van der Waals surface area contributed by atoms with Crippen molar-refractivity contribution in [2.75, 3.05) is 19.6 Å². The highest BCUT2D eigenvalue weighted by Crippen LogP contribution is 2.22. The van der Waals surface area contributed by atoms with E-state index in [0.717, 1.165) is 17.1 Å². The number of aliphatic imine (C=N–C) groups is 1. The molecule has 0 saturated carbocycles. The van der Waals surface area contributed by atoms with Crippen LogP contribution in [0, 0.1) is 5.41 Å². The highest BCUT2D eigenvalue weighted by Gasteiger charge is 2.27. The van der Waals surface area contributed by atoms with Gasteiger partial charge in [0, 0.05) is 18.1 Å². The summed E-state index contributed by atoms with van der Waals surface area (Å²) in [4.78, 5) is 16.7. The topological polar surface area (TPSA) is 65.5 Å². The zero-order valence-corrected chi connectivity index (χ0v) is 16.0. The number of hydrogen-bond donors (Lipinski definition) is 3. The Morgan fingerprint density at radius 3 is 2.42 bits per heavy atom. The number of guanidine groups is 1. The van der Waals surface area contributed by atoms with Gasteiger partial charge in [-0.05, 0) is 46.2 Å². The first kappa shape index (κ1) is 20.3. The van der Waals surface area contributed by atoms with Crippen molar-refractivity contribution >= 4 is 23.5 Å². The predicted octanol–water partition coefficient (Wildman–Crippen LogP) is 3.12. The summed E-state index contributed by atoms with van der Waals surface area (Å²) in [5, 5.41) is 10.1. The highest BCUT2D eigenvalue weighted by atomic mass is 35.5. The third kappa shape index (κ3) is 6.04. The van der Waals surface area contributed by atoms with Crippen molar-refractivity contribution in [1.82, 2.24) is 16.0 Å². The van der Waals surface area contributed by atoms with Crippen LogP contribution in [0.2, 0.25) is 5.02 Å². The first-order valence-corrected chi connectivity index (χ1v) is 8.77. The average molecular weight is 353 g/mol. The van der Waals surface area contributed by atoms with E-state index in [4.69, 9.17) is 11.6 Å². The predicted molar refractivity (Wildman–Crippen MR) is 101 cm³/mol. The molecular formula is C18H29ClN4O. The molecule has 3 N–H and O–H groups in total. The number of carbonyl (C=O) groups is 1. The molecule has 134 valence electrons. The molecule has 1 aromatic rings. The van der Waals surface area contributed by atoms with Crippen molar-refractivity contribution in [3.8, 4) is 0 Å². The van der Waals surface area contributed by atoms with Gasteiger partial charge in [-0.15, -0.1) is 0 Å². The summed E-state index contributed by atoms with van der Waals surface area (Å²) in [6.45, 7) is 11.5. The number of carbonyl (C=O) groups excluding carboxylic acids is 1. The molecule has 24 heavy (non-hydrogen) atoms. The molecule has 0 spiro atoms. The van der Waals surface area contributed by atoms with Crippen molar-refractivity contribution in [1.29, 1.82) is 0 Å². The Morgan fingerprint density at radius 1 is 1.21 bits per heavy atom. The van der Waals surface area contributed by atoms with Crippen LogP contribution in [0.15, 0.2) is 29.3 Å². The summed E-state index contributed by atoms with van der Waals surface area (Å²) >= 11 is 6.25. The molecule has 5 nitrogen and oxygen atoms in total. The van der Waals surface area contributed by atoms with Gasteiger partial charge >= 0.3 is 0 Å². The average Bonchev–Trinajstić information content (AvgIpc) is 2.53. The van der Waals surface area contributed by atoms with Gasteiger partial charge in [0.05, 0.1) is 18.0 Å². The van der Waals surface area contributed by atoms with Crippen molar-refractivity contribution in [3.63, 3.8) is 0 Å². The fraction of sp³-hybridized carbons (Fsp3) is 0.556. The van der Waals surface area contributed by atoms with E-state index in [9.17, 15) is 4.79 Å². The molecule has 0 heterocycles. The van der Waals surface area contributed by atoms with E-state index in [2.05, 4.69) is 20.9 Å². The number of halogens is 1.